The predicted octanol–water partition coefficient (Wildman–Crippen LogP) is 4.44. The van der Waals surface area contributed by atoms with Gasteiger partial charge in [-0.3, -0.25) is 9.69 Å². The Labute approximate surface area is 171 Å². The van der Waals surface area contributed by atoms with Crippen LogP contribution >= 0.6 is 11.6 Å². The van der Waals surface area contributed by atoms with Crippen molar-refractivity contribution in [2.24, 2.45) is 0 Å². The maximum Gasteiger partial charge on any atom is 0.238 e. The topological polar surface area (TPSA) is 50.8 Å². The number of amides is 1. The molecule has 28 heavy (non-hydrogen) atoms. The van der Waals surface area contributed by atoms with Gasteiger partial charge in [0.1, 0.15) is 0 Å². The molecule has 1 aliphatic heterocycles. The molecular weight excluding hydrogens is 376 g/mol. The van der Waals surface area contributed by atoms with Crippen molar-refractivity contribution in [3.63, 3.8) is 0 Å². The first-order valence-electron chi connectivity index (χ1n) is 9.69. The summed E-state index contributed by atoms with van der Waals surface area (Å²) in [4.78, 5) is 14.7. The second-order valence-corrected chi connectivity index (χ2v) is 7.34. The summed E-state index contributed by atoms with van der Waals surface area (Å²) < 4.78 is 11.5. The number of fused-ring (bicyclic) bond motifs is 1. The van der Waals surface area contributed by atoms with Crippen LogP contribution in [0, 0.1) is 6.92 Å². The number of carbonyl (C=O) groups is 1. The summed E-state index contributed by atoms with van der Waals surface area (Å²) in [5, 5.41) is 3.65. The van der Waals surface area contributed by atoms with Crippen molar-refractivity contribution in [1.29, 1.82) is 0 Å². The molecule has 5 nitrogen and oxygen atoms in total. The van der Waals surface area contributed by atoms with Gasteiger partial charge in [0.25, 0.3) is 0 Å². The Morgan fingerprint density at radius 1 is 1.11 bits per heavy atom. The molecule has 150 valence electrons. The Kier molecular flexibility index (Phi) is 6.81. The minimum atomic E-state index is -0.0233. The molecule has 6 heteroatoms. The highest BCUT2D eigenvalue weighted by Crippen LogP contribution is 2.34. The zero-order valence-electron chi connectivity index (χ0n) is 16.7. The first-order chi connectivity index (χ1) is 13.5. The lowest BCUT2D eigenvalue weighted by atomic mass is 9.98. The Morgan fingerprint density at radius 2 is 1.79 bits per heavy atom. The molecule has 0 fully saturated rings. The van der Waals surface area contributed by atoms with Crippen molar-refractivity contribution in [1.82, 2.24) is 4.90 Å². The fourth-order valence-corrected chi connectivity index (χ4v) is 3.68. The number of carbonyl (C=O) groups excluding carboxylic acids is 1. The number of anilines is 1. The van der Waals surface area contributed by atoms with E-state index in [9.17, 15) is 4.79 Å². The van der Waals surface area contributed by atoms with Crippen LogP contribution in [0.3, 0.4) is 0 Å². The SMILES string of the molecule is CCOc1cc2c(cc1OCC)CN(CC(=O)Nc1ccc(Cl)cc1C)CC2. The predicted molar refractivity (Wildman–Crippen MR) is 113 cm³/mol. The number of hydrogen-bond acceptors (Lipinski definition) is 4. The van der Waals surface area contributed by atoms with Crippen LogP contribution in [0.15, 0.2) is 30.3 Å². The summed E-state index contributed by atoms with van der Waals surface area (Å²) in [6.07, 6.45) is 0.884. The molecule has 0 atom stereocenters. The summed E-state index contributed by atoms with van der Waals surface area (Å²) in [6, 6.07) is 9.60. The zero-order valence-corrected chi connectivity index (χ0v) is 17.4. The van der Waals surface area contributed by atoms with Crippen molar-refractivity contribution in [3.05, 3.63) is 52.0 Å². The molecule has 0 bridgehead atoms. The second kappa shape index (κ2) is 9.30. The second-order valence-electron chi connectivity index (χ2n) is 6.90. The van der Waals surface area contributed by atoms with E-state index in [0.29, 0.717) is 24.8 Å². The molecule has 0 saturated heterocycles. The fourth-order valence-electron chi connectivity index (χ4n) is 3.45. The molecule has 0 spiro atoms. The van der Waals surface area contributed by atoms with Gasteiger partial charge in [-0.15, -0.1) is 0 Å². The Morgan fingerprint density at radius 3 is 2.43 bits per heavy atom. The number of rotatable bonds is 7. The third-order valence-electron chi connectivity index (χ3n) is 4.79. The highest BCUT2D eigenvalue weighted by molar-refractivity contribution is 6.30. The van der Waals surface area contributed by atoms with E-state index >= 15 is 0 Å². The van der Waals surface area contributed by atoms with Gasteiger partial charge in [0.2, 0.25) is 5.91 Å². The van der Waals surface area contributed by atoms with E-state index in [1.165, 1.54) is 11.1 Å². The molecule has 0 aliphatic carbocycles. The number of ether oxygens (including phenoxy) is 2. The van der Waals surface area contributed by atoms with Gasteiger partial charge in [-0.25, -0.2) is 0 Å². The van der Waals surface area contributed by atoms with Crippen LogP contribution in [-0.4, -0.2) is 37.1 Å². The van der Waals surface area contributed by atoms with Gasteiger partial charge in [-0.05, 0) is 74.2 Å². The third kappa shape index (κ3) is 4.97. The number of nitrogens with one attached hydrogen (secondary N) is 1. The van der Waals surface area contributed by atoms with Crippen molar-refractivity contribution in [2.45, 2.75) is 33.7 Å². The minimum absolute atomic E-state index is 0.0233. The van der Waals surface area contributed by atoms with Crippen LogP contribution in [0.4, 0.5) is 5.69 Å². The van der Waals surface area contributed by atoms with Crippen molar-refractivity contribution in [2.75, 3.05) is 31.6 Å². The number of nitrogens with zero attached hydrogens (tertiary/aromatic N) is 1. The van der Waals surface area contributed by atoms with Crippen molar-refractivity contribution < 1.29 is 14.3 Å². The minimum Gasteiger partial charge on any atom is -0.490 e. The van der Waals surface area contributed by atoms with E-state index in [4.69, 9.17) is 21.1 Å². The summed E-state index contributed by atoms with van der Waals surface area (Å²) in [7, 11) is 0. The normalized spacial score (nSPS) is 13.7. The van der Waals surface area contributed by atoms with Crippen LogP contribution in [-0.2, 0) is 17.8 Å². The van der Waals surface area contributed by atoms with Gasteiger partial charge >= 0.3 is 0 Å². The molecular formula is C22H27ClN2O3. The number of aryl methyl sites for hydroxylation is 1. The quantitative estimate of drug-likeness (QED) is 0.743. The third-order valence-corrected chi connectivity index (χ3v) is 5.02. The summed E-state index contributed by atoms with van der Waals surface area (Å²) in [5.74, 6) is 1.54. The van der Waals surface area contributed by atoms with Crippen LogP contribution in [0.1, 0.15) is 30.5 Å². The first kappa shape index (κ1) is 20.5. The molecule has 1 aliphatic rings. The molecule has 2 aromatic carbocycles. The smallest absolute Gasteiger partial charge is 0.238 e. The van der Waals surface area contributed by atoms with Gasteiger partial charge in [-0.1, -0.05) is 11.6 Å². The maximum absolute atomic E-state index is 12.5. The van der Waals surface area contributed by atoms with E-state index in [-0.39, 0.29) is 5.91 Å². The molecule has 0 aromatic heterocycles. The number of benzene rings is 2. The van der Waals surface area contributed by atoms with Crippen LogP contribution in [0.2, 0.25) is 5.02 Å². The van der Waals surface area contributed by atoms with Crippen LogP contribution in [0.25, 0.3) is 0 Å². The lowest BCUT2D eigenvalue weighted by Gasteiger charge is -2.29. The molecule has 2 aromatic rings. The molecule has 0 unspecified atom stereocenters. The highest BCUT2D eigenvalue weighted by Gasteiger charge is 2.21. The summed E-state index contributed by atoms with van der Waals surface area (Å²) >= 11 is 5.98. The summed E-state index contributed by atoms with van der Waals surface area (Å²) in [5.41, 5.74) is 4.20. The average Bonchev–Trinajstić information content (AvgIpc) is 2.65. The van der Waals surface area contributed by atoms with Crippen LogP contribution < -0.4 is 14.8 Å². The highest BCUT2D eigenvalue weighted by atomic mass is 35.5. The monoisotopic (exact) mass is 402 g/mol. The fraction of sp³-hybridized carbons (Fsp3) is 0.409. The standard InChI is InChI=1S/C22H27ClN2O3/c1-4-27-20-11-16-8-9-25(13-17(16)12-21(20)28-5-2)14-22(26)24-19-7-6-18(23)10-15(19)3/h6-7,10-12H,4-5,8-9,13-14H2,1-3H3,(H,24,26). The molecule has 1 heterocycles. The molecule has 0 saturated carbocycles. The van der Waals surface area contributed by atoms with Gasteiger partial charge in [-0.2, -0.15) is 0 Å². The van der Waals surface area contributed by atoms with E-state index in [1.807, 2.05) is 32.9 Å². The van der Waals surface area contributed by atoms with Crippen molar-refractivity contribution >= 4 is 23.2 Å². The largest absolute Gasteiger partial charge is 0.490 e. The molecule has 3 rings (SSSR count). The van der Waals surface area contributed by atoms with E-state index < -0.39 is 0 Å². The Balaban J connectivity index is 1.67. The molecule has 1 amide bonds. The van der Waals surface area contributed by atoms with E-state index in [1.54, 1.807) is 6.07 Å². The van der Waals surface area contributed by atoms with Gasteiger partial charge in [0.15, 0.2) is 11.5 Å². The average molecular weight is 403 g/mol. The van der Waals surface area contributed by atoms with Gasteiger partial charge in [0.05, 0.1) is 19.8 Å². The van der Waals surface area contributed by atoms with E-state index in [2.05, 4.69) is 22.3 Å². The molecule has 1 N–H and O–H groups in total. The number of hydrogen-bond donors (Lipinski definition) is 1. The number of halogens is 1. The van der Waals surface area contributed by atoms with Crippen molar-refractivity contribution in [3.8, 4) is 11.5 Å². The maximum atomic E-state index is 12.5. The Bertz CT molecular complexity index is 854. The lowest BCUT2D eigenvalue weighted by Crippen LogP contribution is -2.37. The van der Waals surface area contributed by atoms with Crippen LogP contribution in [0.5, 0.6) is 11.5 Å². The zero-order chi connectivity index (χ0) is 20.1. The van der Waals surface area contributed by atoms with E-state index in [0.717, 1.165) is 42.3 Å². The first-order valence-corrected chi connectivity index (χ1v) is 10.1. The Hall–Kier alpha value is -2.24. The lowest BCUT2D eigenvalue weighted by molar-refractivity contribution is -0.117. The van der Waals surface area contributed by atoms with Gasteiger partial charge in [0, 0.05) is 23.8 Å². The van der Waals surface area contributed by atoms with Gasteiger partial charge < -0.3 is 14.8 Å². The summed E-state index contributed by atoms with van der Waals surface area (Å²) in [6.45, 7) is 8.96. The molecule has 0 radical (unpaired) electrons.